The van der Waals surface area contributed by atoms with E-state index in [-0.39, 0.29) is 5.91 Å². The van der Waals surface area contributed by atoms with E-state index in [9.17, 15) is 4.79 Å². The summed E-state index contributed by atoms with van der Waals surface area (Å²) in [4.78, 5) is 14.8. The van der Waals surface area contributed by atoms with Gasteiger partial charge < -0.3 is 10.2 Å². The van der Waals surface area contributed by atoms with Crippen LogP contribution in [-0.2, 0) is 7.05 Å². The third-order valence-corrected chi connectivity index (χ3v) is 5.54. The zero-order valence-corrected chi connectivity index (χ0v) is 15.7. The molecule has 1 fully saturated rings. The van der Waals surface area contributed by atoms with Crippen LogP contribution in [0.15, 0.2) is 18.2 Å². The van der Waals surface area contributed by atoms with Gasteiger partial charge in [0.1, 0.15) is 0 Å². The number of hydrogen-bond donors (Lipinski definition) is 1. The molecule has 7 heteroatoms. The summed E-state index contributed by atoms with van der Waals surface area (Å²) in [5.74, 6) is 2.08. The van der Waals surface area contributed by atoms with Crippen LogP contribution in [0.5, 0.6) is 0 Å². The van der Waals surface area contributed by atoms with Gasteiger partial charge in [0.05, 0.1) is 22.0 Å². The van der Waals surface area contributed by atoms with Crippen LogP contribution in [0.4, 0.5) is 11.4 Å². The van der Waals surface area contributed by atoms with Gasteiger partial charge in [-0.3, -0.25) is 9.48 Å². The summed E-state index contributed by atoms with van der Waals surface area (Å²) in [5.41, 5.74) is 3.91. The molecule has 128 valence electrons. The van der Waals surface area contributed by atoms with Crippen molar-refractivity contribution in [2.45, 2.75) is 13.8 Å². The number of hydrogen-bond acceptors (Lipinski definition) is 4. The number of carbonyl (C=O) groups excluding carboxylic acids is 1. The highest BCUT2D eigenvalue weighted by atomic mass is 35.5. The van der Waals surface area contributed by atoms with Gasteiger partial charge in [-0.1, -0.05) is 11.6 Å². The van der Waals surface area contributed by atoms with Crippen molar-refractivity contribution in [3.8, 4) is 0 Å². The predicted octanol–water partition coefficient (Wildman–Crippen LogP) is 3.50. The summed E-state index contributed by atoms with van der Waals surface area (Å²) < 4.78 is 1.72. The molecule has 1 amide bonds. The Morgan fingerprint density at radius 2 is 2.00 bits per heavy atom. The van der Waals surface area contributed by atoms with E-state index in [2.05, 4.69) is 15.3 Å². The first kappa shape index (κ1) is 17.2. The Hall–Kier alpha value is -1.66. The molecule has 1 saturated heterocycles. The van der Waals surface area contributed by atoms with Crippen molar-refractivity contribution >= 4 is 40.6 Å². The van der Waals surface area contributed by atoms with Gasteiger partial charge >= 0.3 is 0 Å². The molecule has 0 unspecified atom stereocenters. The number of anilines is 2. The fraction of sp³-hybridized carbons (Fsp3) is 0.412. The Morgan fingerprint density at radius 3 is 2.58 bits per heavy atom. The quantitative estimate of drug-likeness (QED) is 0.905. The number of rotatable bonds is 3. The summed E-state index contributed by atoms with van der Waals surface area (Å²) in [6.07, 6.45) is 0. The lowest BCUT2D eigenvalue weighted by Gasteiger charge is -2.29. The second kappa shape index (κ2) is 7.07. The van der Waals surface area contributed by atoms with Crippen LogP contribution < -0.4 is 10.2 Å². The molecule has 1 aromatic heterocycles. The van der Waals surface area contributed by atoms with Crippen molar-refractivity contribution in [1.82, 2.24) is 9.78 Å². The number of aromatic nitrogens is 2. The van der Waals surface area contributed by atoms with E-state index >= 15 is 0 Å². The molecule has 1 N–H and O–H groups in total. The number of amides is 1. The Bertz CT molecular complexity index is 768. The predicted molar refractivity (Wildman–Crippen MR) is 102 cm³/mol. The zero-order chi connectivity index (χ0) is 17.3. The second-order valence-corrected chi connectivity index (χ2v) is 7.52. The zero-order valence-electron chi connectivity index (χ0n) is 14.1. The highest BCUT2D eigenvalue weighted by molar-refractivity contribution is 7.99. The molecule has 0 bridgehead atoms. The topological polar surface area (TPSA) is 50.2 Å². The third kappa shape index (κ3) is 3.39. The largest absolute Gasteiger partial charge is 0.369 e. The van der Waals surface area contributed by atoms with Gasteiger partial charge in [-0.2, -0.15) is 16.9 Å². The molecule has 2 heterocycles. The average molecular weight is 365 g/mol. The van der Waals surface area contributed by atoms with Crippen LogP contribution in [0, 0.1) is 13.8 Å². The molecule has 1 aromatic carbocycles. The first-order chi connectivity index (χ1) is 11.5. The first-order valence-electron chi connectivity index (χ1n) is 7.91. The molecule has 1 aliphatic heterocycles. The fourth-order valence-electron chi connectivity index (χ4n) is 2.94. The van der Waals surface area contributed by atoms with Gasteiger partial charge in [0.25, 0.3) is 5.91 Å². The molecule has 0 atom stereocenters. The minimum Gasteiger partial charge on any atom is -0.369 e. The molecule has 5 nitrogen and oxygen atoms in total. The highest BCUT2D eigenvalue weighted by Gasteiger charge is 2.19. The van der Waals surface area contributed by atoms with E-state index < -0.39 is 0 Å². The van der Waals surface area contributed by atoms with E-state index in [1.54, 1.807) is 4.68 Å². The third-order valence-electron chi connectivity index (χ3n) is 4.29. The normalized spacial score (nSPS) is 14.8. The van der Waals surface area contributed by atoms with E-state index in [0.717, 1.165) is 41.7 Å². The summed E-state index contributed by atoms with van der Waals surface area (Å²) in [6, 6.07) is 5.70. The summed E-state index contributed by atoms with van der Waals surface area (Å²) >= 11 is 8.41. The molecule has 1 aliphatic rings. The van der Waals surface area contributed by atoms with Gasteiger partial charge in [-0.25, -0.2) is 0 Å². The van der Waals surface area contributed by atoms with Crippen molar-refractivity contribution in [3.05, 3.63) is 40.2 Å². The molecule has 3 rings (SSSR count). The van der Waals surface area contributed by atoms with E-state index in [1.165, 1.54) is 0 Å². The summed E-state index contributed by atoms with van der Waals surface area (Å²) in [6.45, 7) is 5.74. The Balaban J connectivity index is 1.78. The maximum atomic E-state index is 12.5. The maximum absolute atomic E-state index is 12.5. The summed E-state index contributed by atoms with van der Waals surface area (Å²) in [5, 5.41) is 7.88. The molecule has 2 aromatic rings. The van der Waals surface area contributed by atoms with Crippen LogP contribution in [0.1, 0.15) is 21.7 Å². The average Bonchev–Trinajstić information content (AvgIpc) is 2.81. The minimum absolute atomic E-state index is 0.156. The van der Waals surface area contributed by atoms with E-state index in [1.807, 2.05) is 50.9 Å². The number of carbonyl (C=O) groups is 1. The molecule has 0 spiro atoms. The number of benzene rings is 1. The SMILES string of the molecule is Cc1nn(C)c(C)c1C(=O)Nc1ccc(N2CCSCC2)c(Cl)c1. The van der Waals surface area contributed by atoms with Gasteiger partial charge in [0, 0.05) is 43.0 Å². The van der Waals surface area contributed by atoms with Crippen LogP contribution in [0.3, 0.4) is 0 Å². The van der Waals surface area contributed by atoms with Crippen LogP contribution in [0.25, 0.3) is 0 Å². The van der Waals surface area contributed by atoms with Crippen LogP contribution >= 0.6 is 23.4 Å². The van der Waals surface area contributed by atoms with Crippen LogP contribution in [0.2, 0.25) is 5.02 Å². The second-order valence-electron chi connectivity index (χ2n) is 5.89. The van der Waals surface area contributed by atoms with Gasteiger partial charge in [-0.05, 0) is 32.0 Å². The lowest BCUT2D eigenvalue weighted by atomic mass is 10.1. The standard InChI is InChI=1S/C17H21ClN4OS/c1-11-16(12(2)21(3)20-11)17(23)19-13-4-5-15(14(18)10-13)22-6-8-24-9-7-22/h4-5,10H,6-9H2,1-3H3,(H,19,23). The number of aryl methyl sites for hydroxylation is 2. The smallest absolute Gasteiger partial charge is 0.259 e. The number of thioether (sulfide) groups is 1. The minimum atomic E-state index is -0.156. The van der Waals surface area contributed by atoms with Crippen molar-refractivity contribution in [1.29, 1.82) is 0 Å². The van der Waals surface area contributed by atoms with Crippen LogP contribution in [-0.4, -0.2) is 40.3 Å². The van der Waals surface area contributed by atoms with Crippen molar-refractivity contribution in [2.24, 2.45) is 7.05 Å². The Morgan fingerprint density at radius 1 is 1.29 bits per heavy atom. The fourth-order valence-corrected chi connectivity index (χ4v) is 4.14. The van der Waals surface area contributed by atoms with E-state index in [0.29, 0.717) is 16.3 Å². The molecule has 0 saturated carbocycles. The lowest BCUT2D eigenvalue weighted by molar-refractivity contribution is 0.102. The number of nitrogens with one attached hydrogen (secondary N) is 1. The van der Waals surface area contributed by atoms with Gasteiger partial charge in [0.2, 0.25) is 0 Å². The highest BCUT2D eigenvalue weighted by Crippen LogP contribution is 2.30. The van der Waals surface area contributed by atoms with Crippen molar-refractivity contribution in [2.75, 3.05) is 34.8 Å². The monoisotopic (exact) mass is 364 g/mol. The molecular formula is C17H21ClN4OS. The number of nitrogens with zero attached hydrogens (tertiary/aromatic N) is 3. The molecular weight excluding hydrogens is 344 g/mol. The van der Waals surface area contributed by atoms with Gasteiger partial charge in [0.15, 0.2) is 0 Å². The van der Waals surface area contributed by atoms with Crippen molar-refractivity contribution in [3.63, 3.8) is 0 Å². The van der Waals surface area contributed by atoms with E-state index in [4.69, 9.17) is 11.6 Å². The maximum Gasteiger partial charge on any atom is 0.259 e. The lowest BCUT2D eigenvalue weighted by Crippen LogP contribution is -2.32. The van der Waals surface area contributed by atoms with Crippen molar-refractivity contribution < 1.29 is 4.79 Å². The molecule has 0 radical (unpaired) electrons. The number of halogens is 1. The first-order valence-corrected chi connectivity index (χ1v) is 9.44. The summed E-state index contributed by atoms with van der Waals surface area (Å²) in [7, 11) is 1.84. The molecule has 0 aliphatic carbocycles. The van der Waals surface area contributed by atoms with Gasteiger partial charge in [-0.15, -0.1) is 0 Å². The molecule has 24 heavy (non-hydrogen) atoms. The Kier molecular flexibility index (Phi) is 5.06. The Labute approximate surface area is 151 Å².